The smallest absolute Gasteiger partial charge is 0.317 e. The first-order valence-electron chi connectivity index (χ1n) is 18.3. The van der Waals surface area contributed by atoms with Gasteiger partial charge < -0.3 is 65.2 Å². The van der Waals surface area contributed by atoms with Crippen LogP contribution in [-0.2, 0) is 38.4 Å². The molecule has 0 spiro atoms. The molecule has 3 N–H and O–H groups in total. The van der Waals surface area contributed by atoms with E-state index in [1.807, 2.05) is 0 Å². The fourth-order valence-corrected chi connectivity index (χ4v) is 8.35. The molecule has 2 amide bonds. The minimum absolute atomic E-state index is 0.324. The monoisotopic (exact) mass is 765 g/mol. The number of hydrogen-bond donors (Lipinski definition) is 3. The van der Waals surface area contributed by atoms with Crippen LogP contribution >= 0.6 is 0 Å². The molecule has 0 aliphatic heterocycles. The minimum Gasteiger partial charge on any atom is -0.549 e. The van der Waals surface area contributed by atoms with Gasteiger partial charge in [-0.05, 0) is 51.4 Å². The lowest BCUT2D eigenvalue weighted by Crippen LogP contribution is -2.60. The van der Waals surface area contributed by atoms with Crippen molar-refractivity contribution in [1.29, 1.82) is 0 Å². The van der Waals surface area contributed by atoms with E-state index in [9.17, 15) is 69.0 Å². The average Bonchev–Trinajstić information content (AvgIpc) is 3.07. The Balaban J connectivity index is 1.59. The first-order chi connectivity index (χ1) is 25.5. The maximum Gasteiger partial charge on any atom is 0.317 e. The minimum atomic E-state index is -1.51. The first kappa shape index (κ1) is 44.0. The van der Waals surface area contributed by atoms with Crippen molar-refractivity contribution in [2.45, 2.75) is 113 Å². The summed E-state index contributed by atoms with van der Waals surface area (Å²) < 4.78 is 0. The number of carboxylic acid groups (broad SMARTS) is 6. The summed E-state index contributed by atoms with van der Waals surface area (Å²) in [4.78, 5) is 101. The van der Waals surface area contributed by atoms with Crippen molar-refractivity contribution < 1.29 is 69.0 Å². The predicted molar refractivity (Wildman–Crippen MR) is 173 cm³/mol. The average molecular weight is 766 g/mol. The SMILES string of the molecule is O=C([O-])CN(CC(=O)[O-])[C@@H]1CCCC[C@H]1N(CC(=O)[O-])CC(=O)NC1CCC(NC(=O)CN(CC(=O)[O-])[C@@H]2CCCC[C@H]2N(CC(=O)[O-])CC(=O)O)CC1. The number of carbonyl (C=O) groups excluding carboxylic acids is 7. The van der Waals surface area contributed by atoms with Gasteiger partial charge in [0.1, 0.15) is 0 Å². The molecule has 304 valence electrons. The Morgan fingerprint density at radius 2 is 0.648 bits per heavy atom. The van der Waals surface area contributed by atoms with Crippen LogP contribution in [0.4, 0.5) is 0 Å². The van der Waals surface area contributed by atoms with E-state index in [-0.39, 0.29) is 25.2 Å². The van der Waals surface area contributed by atoms with E-state index >= 15 is 0 Å². The summed E-state index contributed by atoms with van der Waals surface area (Å²) in [6, 6.07) is -3.31. The normalized spacial score (nSPS) is 24.6. The predicted octanol–water partition coefficient (Wildman–Crippen LogP) is -7.81. The maximum absolute atomic E-state index is 13.2. The fourth-order valence-electron chi connectivity index (χ4n) is 8.35. The number of rotatable bonds is 22. The second-order valence-corrected chi connectivity index (χ2v) is 14.4. The molecule has 3 rings (SSSR count). The van der Waals surface area contributed by atoms with E-state index in [0.29, 0.717) is 77.0 Å². The fraction of sp³-hybridized carbons (Fsp3) is 0.765. The van der Waals surface area contributed by atoms with Gasteiger partial charge in [-0.2, -0.15) is 0 Å². The second-order valence-electron chi connectivity index (χ2n) is 14.4. The van der Waals surface area contributed by atoms with E-state index in [1.54, 1.807) is 0 Å². The summed E-state index contributed by atoms with van der Waals surface area (Å²) in [5, 5.41) is 72.7. The van der Waals surface area contributed by atoms with Crippen LogP contribution in [0.2, 0.25) is 0 Å². The molecule has 3 fully saturated rings. The van der Waals surface area contributed by atoms with Crippen molar-refractivity contribution in [2.75, 3.05) is 52.4 Å². The highest BCUT2D eigenvalue weighted by atomic mass is 16.4. The number of nitrogens with zero attached hydrogens (tertiary/aromatic N) is 4. The van der Waals surface area contributed by atoms with Gasteiger partial charge in [-0.3, -0.25) is 34.0 Å². The Morgan fingerprint density at radius 3 is 0.889 bits per heavy atom. The summed E-state index contributed by atoms with van der Waals surface area (Å²) >= 11 is 0. The van der Waals surface area contributed by atoms with Crippen molar-refractivity contribution in [1.82, 2.24) is 30.2 Å². The number of carboxylic acids is 6. The van der Waals surface area contributed by atoms with Crippen molar-refractivity contribution in [3.05, 3.63) is 0 Å². The summed E-state index contributed by atoms with van der Waals surface area (Å²) in [7, 11) is 0. The van der Waals surface area contributed by atoms with Gasteiger partial charge in [-0.25, -0.2) is 0 Å². The highest BCUT2D eigenvalue weighted by Crippen LogP contribution is 2.29. The lowest BCUT2D eigenvalue weighted by molar-refractivity contribution is -0.313. The molecular weight excluding hydrogens is 716 g/mol. The molecule has 20 nitrogen and oxygen atoms in total. The quantitative estimate of drug-likeness (QED) is 0.0921. The molecule has 0 aromatic rings. The summed E-state index contributed by atoms with van der Waals surface area (Å²) in [5.74, 6) is -9.71. The molecule has 0 unspecified atom stereocenters. The molecule has 4 atom stereocenters. The molecular formula is C34H49N6O14-5. The van der Waals surface area contributed by atoms with E-state index in [2.05, 4.69) is 10.6 Å². The second kappa shape index (κ2) is 21.5. The van der Waals surface area contributed by atoms with Crippen molar-refractivity contribution in [2.24, 2.45) is 0 Å². The zero-order valence-electron chi connectivity index (χ0n) is 30.1. The standard InChI is InChI=1S/C34H54N6O14/c41-27(13-37(15-29(43)44)23-5-1-3-7-25(23)39(17-31(47)48)18-32(49)50)35-21-9-11-22(12-10-21)36-28(42)14-38(16-30(45)46)24-6-2-4-8-26(24)40(19-33(51)52)20-34(53)54/h21-26H,1-20H2,(H,35,41)(H,36,42)(H,43,44)(H,45,46)(H,47,48)(H,49,50)(H,51,52)(H,53,54)/p-5/t21?,22?,23-,24-,25-,26-/m1/s1. The van der Waals surface area contributed by atoms with E-state index in [1.165, 1.54) is 14.7 Å². The molecule has 0 radical (unpaired) electrons. The highest BCUT2D eigenvalue weighted by Gasteiger charge is 2.37. The number of amides is 2. The Morgan fingerprint density at radius 1 is 0.407 bits per heavy atom. The van der Waals surface area contributed by atoms with Gasteiger partial charge in [0, 0.05) is 69.0 Å². The molecule has 3 saturated carbocycles. The van der Waals surface area contributed by atoms with Crippen molar-refractivity contribution >= 4 is 47.6 Å². The molecule has 0 aromatic heterocycles. The van der Waals surface area contributed by atoms with Crippen LogP contribution in [0.25, 0.3) is 0 Å². The van der Waals surface area contributed by atoms with E-state index in [0.717, 1.165) is 4.90 Å². The third-order valence-electron chi connectivity index (χ3n) is 10.4. The Bertz CT molecular complexity index is 1230. The Kier molecular flexibility index (Phi) is 17.5. The molecule has 0 bridgehead atoms. The van der Waals surface area contributed by atoms with Gasteiger partial charge in [-0.15, -0.1) is 0 Å². The lowest BCUT2D eigenvalue weighted by atomic mass is 9.87. The Hall–Kier alpha value is -4.40. The van der Waals surface area contributed by atoms with Crippen LogP contribution in [0.5, 0.6) is 0 Å². The summed E-state index contributed by atoms with van der Waals surface area (Å²) in [6.07, 6.45) is 5.89. The molecule has 0 saturated heterocycles. The summed E-state index contributed by atoms with van der Waals surface area (Å²) in [5.41, 5.74) is 0. The molecule has 3 aliphatic rings. The molecule has 0 heterocycles. The van der Waals surface area contributed by atoms with Crippen LogP contribution in [-0.4, -0.2) is 161 Å². The van der Waals surface area contributed by atoms with Crippen molar-refractivity contribution in [3.63, 3.8) is 0 Å². The van der Waals surface area contributed by atoms with Gasteiger partial charge in [0.05, 0.1) is 49.5 Å². The van der Waals surface area contributed by atoms with Gasteiger partial charge in [-0.1, -0.05) is 25.7 Å². The third kappa shape index (κ3) is 14.8. The van der Waals surface area contributed by atoms with E-state index < -0.39 is 111 Å². The lowest BCUT2D eigenvalue weighted by Gasteiger charge is -2.45. The maximum atomic E-state index is 13.2. The van der Waals surface area contributed by atoms with Gasteiger partial charge in [0.25, 0.3) is 0 Å². The largest absolute Gasteiger partial charge is 0.549 e. The number of carbonyl (C=O) groups is 8. The van der Waals surface area contributed by atoms with Crippen LogP contribution in [0.1, 0.15) is 77.0 Å². The van der Waals surface area contributed by atoms with Crippen LogP contribution < -0.4 is 36.2 Å². The first-order valence-corrected chi connectivity index (χ1v) is 18.3. The number of aliphatic carboxylic acids is 6. The molecule has 3 aliphatic carbocycles. The van der Waals surface area contributed by atoms with Crippen LogP contribution in [0.3, 0.4) is 0 Å². The van der Waals surface area contributed by atoms with Crippen LogP contribution in [0, 0.1) is 0 Å². The van der Waals surface area contributed by atoms with Crippen LogP contribution in [0.15, 0.2) is 0 Å². The van der Waals surface area contributed by atoms with Crippen molar-refractivity contribution in [3.8, 4) is 0 Å². The topological polar surface area (TPSA) is 309 Å². The zero-order chi connectivity index (χ0) is 39.9. The molecule has 20 heteroatoms. The number of nitrogens with one attached hydrogen (secondary N) is 2. The van der Waals surface area contributed by atoms with Gasteiger partial charge in [0.2, 0.25) is 11.8 Å². The molecule has 0 aromatic carbocycles. The molecule has 54 heavy (non-hydrogen) atoms. The number of hydrogen-bond acceptors (Lipinski definition) is 17. The van der Waals surface area contributed by atoms with Gasteiger partial charge >= 0.3 is 5.97 Å². The highest BCUT2D eigenvalue weighted by molar-refractivity contribution is 5.80. The third-order valence-corrected chi connectivity index (χ3v) is 10.4. The van der Waals surface area contributed by atoms with Gasteiger partial charge in [0.15, 0.2) is 0 Å². The summed E-state index contributed by atoms with van der Waals surface area (Å²) in [6.45, 7) is -4.74. The van der Waals surface area contributed by atoms with E-state index in [4.69, 9.17) is 0 Å². The zero-order valence-corrected chi connectivity index (χ0v) is 30.1. The Labute approximate surface area is 312 Å².